The Hall–Kier alpha value is -2.15. The Bertz CT molecular complexity index is 688. The molecule has 0 unspecified atom stereocenters. The molecular formula is C18H21BrN2O4. The largest absolute Gasteiger partial charge is 0.455 e. The molecule has 2 rings (SSSR count). The van der Waals surface area contributed by atoms with Crippen LogP contribution in [0, 0.1) is 12.8 Å². The lowest BCUT2D eigenvalue weighted by atomic mass is 9.95. The SMILES string of the molecule is Cc1cc(Br)ccc1NC(=O)CNC(=O)COC(=O)[C@H]1CC=CCC1. The van der Waals surface area contributed by atoms with Crippen LogP contribution in [0.4, 0.5) is 5.69 Å². The number of carbonyl (C=O) groups is 3. The van der Waals surface area contributed by atoms with Gasteiger partial charge in [0.2, 0.25) is 5.91 Å². The van der Waals surface area contributed by atoms with Crippen LogP contribution in [0.25, 0.3) is 0 Å². The summed E-state index contributed by atoms with van der Waals surface area (Å²) in [5.41, 5.74) is 1.59. The van der Waals surface area contributed by atoms with E-state index in [0.29, 0.717) is 12.1 Å². The van der Waals surface area contributed by atoms with Gasteiger partial charge in [-0.1, -0.05) is 28.1 Å². The maximum atomic E-state index is 11.9. The molecule has 0 aromatic heterocycles. The molecule has 134 valence electrons. The van der Waals surface area contributed by atoms with Crippen LogP contribution in [0.1, 0.15) is 24.8 Å². The zero-order chi connectivity index (χ0) is 18.2. The number of amides is 2. The fraction of sp³-hybridized carbons (Fsp3) is 0.389. The highest BCUT2D eigenvalue weighted by molar-refractivity contribution is 9.10. The second-order valence-electron chi connectivity index (χ2n) is 5.87. The molecule has 0 saturated carbocycles. The smallest absolute Gasteiger partial charge is 0.309 e. The van der Waals surface area contributed by atoms with Crippen molar-refractivity contribution in [2.75, 3.05) is 18.5 Å². The van der Waals surface area contributed by atoms with Gasteiger partial charge in [-0.2, -0.15) is 0 Å². The highest BCUT2D eigenvalue weighted by Gasteiger charge is 2.21. The van der Waals surface area contributed by atoms with Gasteiger partial charge >= 0.3 is 5.97 Å². The Labute approximate surface area is 155 Å². The topological polar surface area (TPSA) is 84.5 Å². The van der Waals surface area contributed by atoms with E-state index in [0.717, 1.165) is 22.9 Å². The highest BCUT2D eigenvalue weighted by atomic mass is 79.9. The van der Waals surface area contributed by atoms with Gasteiger partial charge in [0.05, 0.1) is 12.5 Å². The molecule has 0 saturated heterocycles. The Kier molecular flexibility index (Phi) is 7.18. The zero-order valence-electron chi connectivity index (χ0n) is 14.0. The number of esters is 1. The standard InChI is InChI=1S/C18H21BrN2O4/c1-12-9-14(19)7-8-15(12)21-16(22)10-20-17(23)11-25-18(24)13-5-3-2-4-6-13/h2-3,7-9,13H,4-6,10-11H2,1H3,(H,20,23)(H,21,22)/t13-/m0/s1. The quantitative estimate of drug-likeness (QED) is 0.559. The van der Waals surface area contributed by atoms with Crippen LogP contribution in [0.5, 0.6) is 0 Å². The van der Waals surface area contributed by atoms with Gasteiger partial charge in [-0.3, -0.25) is 14.4 Å². The summed E-state index contributed by atoms with van der Waals surface area (Å²) >= 11 is 3.35. The van der Waals surface area contributed by atoms with Gasteiger partial charge in [0.1, 0.15) is 0 Å². The summed E-state index contributed by atoms with van der Waals surface area (Å²) in [6, 6.07) is 5.48. The summed E-state index contributed by atoms with van der Waals surface area (Å²) in [5.74, 6) is -1.39. The normalized spacial score (nSPS) is 16.2. The molecule has 1 aliphatic rings. The number of benzene rings is 1. The monoisotopic (exact) mass is 408 g/mol. The van der Waals surface area contributed by atoms with Crippen molar-refractivity contribution in [3.05, 3.63) is 40.4 Å². The minimum Gasteiger partial charge on any atom is -0.455 e. The molecule has 2 amide bonds. The predicted molar refractivity (Wildman–Crippen MR) is 98.0 cm³/mol. The fourth-order valence-corrected chi connectivity index (χ4v) is 2.93. The summed E-state index contributed by atoms with van der Waals surface area (Å²) in [7, 11) is 0. The number of ether oxygens (including phenoxy) is 1. The van der Waals surface area contributed by atoms with E-state index >= 15 is 0 Å². The molecule has 1 aliphatic carbocycles. The molecule has 0 aliphatic heterocycles. The minimum atomic E-state index is -0.498. The number of halogens is 1. The lowest BCUT2D eigenvalue weighted by Gasteiger charge is -2.16. The van der Waals surface area contributed by atoms with Crippen LogP contribution >= 0.6 is 15.9 Å². The average molecular weight is 409 g/mol. The van der Waals surface area contributed by atoms with Gasteiger partial charge in [-0.15, -0.1) is 0 Å². The number of rotatable bonds is 6. The Morgan fingerprint density at radius 2 is 2.04 bits per heavy atom. The maximum absolute atomic E-state index is 11.9. The molecule has 1 aromatic carbocycles. The molecule has 6 nitrogen and oxygen atoms in total. The molecule has 0 bridgehead atoms. The summed E-state index contributed by atoms with van der Waals surface area (Å²) in [6.45, 7) is 1.32. The number of hydrogen-bond acceptors (Lipinski definition) is 4. The number of carbonyl (C=O) groups excluding carboxylic acids is 3. The summed E-state index contributed by atoms with van der Waals surface area (Å²) in [4.78, 5) is 35.4. The van der Waals surface area contributed by atoms with Gasteiger partial charge in [0, 0.05) is 10.2 Å². The average Bonchev–Trinajstić information content (AvgIpc) is 2.61. The van der Waals surface area contributed by atoms with Crippen LogP contribution in [0.2, 0.25) is 0 Å². The number of nitrogens with one attached hydrogen (secondary N) is 2. The first-order chi connectivity index (χ1) is 12.0. The van der Waals surface area contributed by atoms with Crippen molar-refractivity contribution in [1.82, 2.24) is 5.32 Å². The molecule has 1 aromatic rings. The van der Waals surface area contributed by atoms with E-state index in [1.807, 2.05) is 31.2 Å². The maximum Gasteiger partial charge on any atom is 0.309 e. The second kappa shape index (κ2) is 9.36. The molecule has 1 atom stereocenters. The van der Waals surface area contributed by atoms with E-state index in [1.54, 1.807) is 6.07 Å². The molecule has 7 heteroatoms. The third-order valence-corrected chi connectivity index (χ3v) is 4.35. The van der Waals surface area contributed by atoms with Gasteiger partial charge in [-0.05, 0) is 49.9 Å². The number of anilines is 1. The van der Waals surface area contributed by atoms with E-state index in [9.17, 15) is 14.4 Å². The molecule has 0 fully saturated rings. The highest BCUT2D eigenvalue weighted by Crippen LogP contribution is 2.20. The second-order valence-corrected chi connectivity index (χ2v) is 6.79. The summed E-state index contributed by atoms with van der Waals surface area (Å²) < 4.78 is 5.93. The number of hydrogen-bond donors (Lipinski definition) is 2. The van der Waals surface area contributed by atoms with E-state index in [1.165, 1.54) is 0 Å². The van der Waals surface area contributed by atoms with Gasteiger partial charge in [-0.25, -0.2) is 0 Å². The lowest BCUT2D eigenvalue weighted by molar-refractivity contribution is -0.152. The molecule has 2 N–H and O–H groups in total. The van der Waals surface area contributed by atoms with Crippen molar-refractivity contribution < 1.29 is 19.1 Å². The van der Waals surface area contributed by atoms with E-state index < -0.39 is 5.91 Å². The third kappa shape index (κ3) is 6.34. The summed E-state index contributed by atoms with van der Waals surface area (Å²) in [6.07, 6.45) is 6.22. The van der Waals surface area contributed by atoms with Crippen LogP contribution in [-0.2, 0) is 19.1 Å². The van der Waals surface area contributed by atoms with E-state index in [4.69, 9.17) is 4.74 Å². The molecule has 0 spiro atoms. The first-order valence-corrected chi connectivity index (χ1v) is 8.89. The molecule has 0 radical (unpaired) electrons. The van der Waals surface area contributed by atoms with Crippen molar-refractivity contribution in [2.45, 2.75) is 26.2 Å². The first-order valence-electron chi connectivity index (χ1n) is 8.10. The Morgan fingerprint density at radius 1 is 1.24 bits per heavy atom. The van der Waals surface area contributed by atoms with E-state index in [2.05, 4.69) is 26.6 Å². The minimum absolute atomic E-state index is 0.179. The van der Waals surface area contributed by atoms with Crippen molar-refractivity contribution in [3.8, 4) is 0 Å². The molecule has 0 heterocycles. The van der Waals surface area contributed by atoms with E-state index in [-0.39, 0.29) is 30.9 Å². The zero-order valence-corrected chi connectivity index (χ0v) is 15.6. The van der Waals surface area contributed by atoms with Gasteiger partial charge in [0.25, 0.3) is 5.91 Å². The van der Waals surface area contributed by atoms with Gasteiger partial charge < -0.3 is 15.4 Å². The number of allylic oxidation sites excluding steroid dienone is 2. The van der Waals surface area contributed by atoms with Crippen LogP contribution in [0.15, 0.2) is 34.8 Å². The van der Waals surface area contributed by atoms with Crippen LogP contribution < -0.4 is 10.6 Å². The number of aryl methyl sites for hydroxylation is 1. The van der Waals surface area contributed by atoms with Gasteiger partial charge in [0.15, 0.2) is 6.61 Å². The lowest BCUT2D eigenvalue weighted by Crippen LogP contribution is -2.36. The third-order valence-electron chi connectivity index (χ3n) is 3.86. The predicted octanol–water partition coefficient (Wildman–Crippen LogP) is 2.71. The Morgan fingerprint density at radius 3 is 2.72 bits per heavy atom. The molecular weight excluding hydrogens is 388 g/mol. The van der Waals surface area contributed by atoms with Crippen molar-refractivity contribution in [1.29, 1.82) is 0 Å². The fourth-order valence-electron chi connectivity index (χ4n) is 2.45. The van der Waals surface area contributed by atoms with Crippen molar-refractivity contribution in [3.63, 3.8) is 0 Å². The van der Waals surface area contributed by atoms with Crippen LogP contribution in [0.3, 0.4) is 0 Å². The van der Waals surface area contributed by atoms with Crippen molar-refractivity contribution >= 4 is 39.4 Å². The van der Waals surface area contributed by atoms with Crippen molar-refractivity contribution in [2.24, 2.45) is 5.92 Å². The first kappa shape index (κ1) is 19.2. The van der Waals surface area contributed by atoms with Crippen LogP contribution in [-0.4, -0.2) is 30.9 Å². The summed E-state index contributed by atoms with van der Waals surface area (Å²) in [5, 5.41) is 5.16. The Balaban J connectivity index is 1.69. The molecule has 25 heavy (non-hydrogen) atoms.